The van der Waals surface area contributed by atoms with Crippen LogP contribution in [0.3, 0.4) is 0 Å². The molecule has 2 aromatic rings. The second-order valence-corrected chi connectivity index (χ2v) is 5.73. The van der Waals surface area contributed by atoms with E-state index < -0.39 is 0 Å². The number of hydrogen-bond donors (Lipinski definition) is 2. The monoisotopic (exact) mass is 317 g/mol. The summed E-state index contributed by atoms with van der Waals surface area (Å²) in [7, 11) is 3.67. The Morgan fingerprint density at radius 1 is 1.39 bits per heavy atom. The minimum Gasteiger partial charge on any atom is -0.352 e. The minimum atomic E-state index is 0.465. The Labute approximate surface area is 135 Å². The van der Waals surface area contributed by atoms with Crippen LogP contribution in [0.25, 0.3) is 0 Å². The summed E-state index contributed by atoms with van der Waals surface area (Å²) < 4.78 is 7.08. The van der Waals surface area contributed by atoms with Gasteiger partial charge in [-0.1, -0.05) is 12.1 Å². The fraction of sp³-hybridized carbons (Fsp3) is 0.600. The van der Waals surface area contributed by atoms with Gasteiger partial charge >= 0.3 is 0 Å². The molecule has 0 aliphatic heterocycles. The molecule has 0 radical (unpaired) electrons. The molecule has 0 spiro atoms. The lowest BCUT2D eigenvalue weighted by atomic mass is 10.2. The van der Waals surface area contributed by atoms with E-state index in [9.17, 15) is 0 Å². The second kappa shape index (κ2) is 6.80. The van der Waals surface area contributed by atoms with Crippen LogP contribution in [0.15, 0.2) is 15.7 Å². The molecule has 1 aliphatic carbocycles. The summed E-state index contributed by atoms with van der Waals surface area (Å²) >= 11 is 0. The summed E-state index contributed by atoms with van der Waals surface area (Å²) in [6.45, 7) is 3.24. The molecule has 0 aromatic carbocycles. The topological polar surface area (TPSA) is 93.2 Å². The number of nitrogens with one attached hydrogen (secondary N) is 2. The van der Waals surface area contributed by atoms with Gasteiger partial charge in [-0.25, -0.2) is 0 Å². The first kappa shape index (κ1) is 15.5. The fourth-order valence-corrected chi connectivity index (χ4v) is 2.44. The van der Waals surface area contributed by atoms with Crippen molar-refractivity contribution in [3.05, 3.63) is 29.2 Å². The minimum absolute atomic E-state index is 0.465. The van der Waals surface area contributed by atoms with E-state index in [2.05, 4.69) is 37.8 Å². The zero-order valence-corrected chi connectivity index (χ0v) is 13.8. The average Bonchev–Trinajstić information content (AvgIpc) is 3.19. The molecule has 23 heavy (non-hydrogen) atoms. The number of rotatable bonds is 6. The average molecular weight is 317 g/mol. The molecule has 1 saturated carbocycles. The normalized spacial score (nSPS) is 15.0. The van der Waals surface area contributed by atoms with Crippen molar-refractivity contribution in [1.82, 2.24) is 30.6 Å². The Balaban J connectivity index is 1.51. The van der Waals surface area contributed by atoms with Gasteiger partial charge in [0.15, 0.2) is 11.8 Å². The predicted molar refractivity (Wildman–Crippen MR) is 85.9 cm³/mol. The van der Waals surface area contributed by atoms with Gasteiger partial charge in [-0.3, -0.25) is 9.67 Å². The van der Waals surface area contributed by atoms with Gasteiger partial charge < -0.3 is 15.2 Å². The molecule has 0 saturated heterocycles. The molecular formula is C15H23N7O. The lowest BCUT2D eigenvalue weighted by Crippen LogP contribution is -2.36. The van der Waals surface area contributed by atoms with E-state index in [1.165, 1.54) is 18.4 Å². The number of nitrogens with zero attached hydrogens (tertiary/aromatic N) is 5. The second-order valence-electron chi connectivity index (χ2n) is 5.73. The van der Waals surface area contributed by atoms with Crippen LogP contribution in [-0.2, 0) is 26.6 Å². The van der Waals surface area contributed by atoms with E-state index in [1.54, 1.807) is 7.05 Å². The molecule has 8 nitrogen and oxygen atoms in total. The fourth-order valence-electron chi connectivity index (χ4n) is 2.44. The zero-order valence-electron chi connectivity index (χ0n) is 13.8. The Bertz CT molecular complexity index is 684. The van der Waals surface area contributed by atoms with Gasteiger partial charge in [0.25, 0.3) is 0 Å². The van der Waals surface area contributed by atoms with E-state index >= 15 is 0 Å². The van der Waals surface area contributed by atoms with Crippen molar-refractivity contribution in [1.29, 1.82) is 0 Å². The lowest BCUT2D eigenvalue weighted by Gasteiger charge is -2.10. The van der Waals surface area contributed by atoms with Crippen molar-refractivity contribution < 1.29 is 4.52 Å². The summed E-state index contributed by atoms with van der Waals surface area (Å²) in [5.41, 5.74) is 2.27. The quantitative estimate of drug-likeness (QED) is 0.612. The van der Waals surface area contributed by atoms with Crippen molar-refractivity contribution in [3.8, 4) is 0 Å². The largest absolute Gasteiger partial charge is 0.352 e. The van der Waals surface area contributed by atoms with Crippen molar-refractivity contribution in [2.24, 2.45) is 12.0 Å². The van der Waals surface area contributed by atoms with E-state index in [0.29, 0.717) is 30.9 Å². The Morgan fingerprint density at radius 2 is 2.17 bits per heavy atom. The first-order valence-electron chi connectivity index (χ1n) is 7.98. The molecule has 1 aliphatic rings. The molecule has 2 heterocycles. The van der Waals surface area contributed by atoms with Crippen molar-refractivity contribution in [2.75, 3.05) is 7.05 Å². The number of guanidine groups is 1. The molecule has 0 bridgehead atoms. The Morgan fingerprint density at radius 3 is 2.87 bits per heavy atom. The van der Waals surface area contributed by atoms with Crippen LogP contribution in [0.5, 0.6) is 0 Å². The Hall–Kier alpha value is -2.38. The van der Waals surface area contributed by atoms with Crippen molar-refractivity contribution in [2.45, 2.75) is 45.2 Å². The van der Waals surface area contributed by atoms with Gasteiger partial charge in [0.1, 0.15) is 0 Å². The summed E-state index contributed by atoms with van der Waals surface area (Å²) in [5.74, 6) is 2.61. The van der Waals surface area contributed by atoms with Crippen molar-refractivity contribution >= 4 is 5.96 Å². The maximum Gasteiger partial charge on any atom is 0.246 e. The highest BCUT2D eigenvalue weighted by Gasteiger charge is 2.28. The zero-order chi connectivity index (χ0) is 16.2. The molecule has 2 aromatic heterocycles. The van der Waals surface area contributed by atoms with E-state index in [1.807, 2.05) is 17.9 Å². The third kappa shape index (κ3) is 3.88. The lowest BCUT2D eigenvalue weighted by molar-refractivity contribution is 0.370. The van der Waals surface area contributed by atoms with Crippen LogP contribution in [0.4, 0.5) is 0 Å². The molecular weight excluding hydrogens is 294 g/mol. The van der Waals surface area contributed by atoms with Crippen LogP contribution in [0.1, 0.15) is 48.7 Å². The number of hydrogen-bond acceptors (Lipinski definition) is 5. The van der Waals surface area contributed by atoms with Crippen LogP contribution in [-0.4, -0.2) is 32.9 Å². The van der Waals surface area contributed by atoms with Gasteiger partial charge in [-0.05, 0) is 19.3 Å². The molecule has 8 heteroatoms. The van der Waals surface area contributed by atoms with E-state index in [-0.39, 0.29) is 0 Å². The van der Waals surface area contributed by atoms with E-state index in [4.69, 9.17) is 4.52 Å². The molecule has 2 N–H and O–H groups in total. The predicted octanol–water partition coefficient (Wildman–Crippen LogP) is 1.11. The summed E-state index contributed by atoms with van der Waals surface area (Å²) in [6, 6.07) is 0. The standard InChI is InChI=1S/C15H23N7O/c1-4-12-11(9-22(3)20-12)7-17-15(16-2)18-8-13-19-14(21-23-13)10-5-6-10/h9-10H,4-8H2,1-3H3,(H2,16,17,18). The molecule has 0 amide bonds. The Kier molecular flexibility index (Phi) is 4.59. The highest BCUT2D eigenvalue weighted by Crippen LogP contribution is 2.37. The van der Waals surface area contributed by atoms with Gasteiger partial charge in [-0.15, -0.1) is 0 Å². The third-order valence-corrected chi connectivity index (χ3v) is 3.83. The number of aromatic nitrogens is 4. The summed E-state index contributed by atoms with van der Waals surface area (Å²) in [6.07, 6.45) is 5.27. The first-order chi connectivity index (χ1) is 11.2. The van der Waals surface area contributed by atoms with Crippen LogP contribution in [0, 0.1) is 0 Å². The maximum absolute atomic E-state index is 5.24. The van der Waals surface area contributed by atoms with E-state index in [0.717, 1.165) is 17.9 Å². The molecule has 0 unspecified atom stereocenters. The molecule has 0 atom stereocenters. The molecule has 124 valence electrons. The van der Waals surface area contributed by atoms with Crippen LogP contribution >= 0.6 is 0 Å². The smallest absolute Gasteiger partial charge is 0.246 e. The van der Waals surface area contributed by atoms with Gasteiger partial charge in [0.05, 0.1) is 12.2 Å². The SMILES string of the molecule is CCc1nn(C)cc1CNC(=NC)NCc1nc(C2CC2)no1. The van der Waals surface area contributed by atoms with Gasteiger partial charge in [0.2, 0.25) is 5.89 Å². The van der Waals surface area contributed by atoms with Crippen LogP contribution in [0.2, 0.25) is 0 Å². The maximum atomic E-state index is 5.24. The highest BCUT2D eigenvalue weighted by atomic mass is 16.5. The van der Waals surface area contributed by atoms with Gasteiger partial charge in [0, 0.05) is 38.3 Å². The number of aliphatic imine (C=N–C) groups is 1. The van der Waals surface area contributed by atoms with Gasteiger partial charge in [-0.2, -0.15) is 10.1 Å². The summed E-state index contributed by atoms with van der Waals surface area (Å²) in [4.78, 5) is 8.60. The van der Waals surface area contributed by atoms with Crippen LogP contribution < -0.4 is 10.6 Å². The highest BCUT2D eigenvalue weighted by molar-refractivity contribution is 5.79. The summed E-state index contributed by atoms with van der Waals surface area (Å²) in [5, 5.41) is 14.9. The molecule has 1 fully saturated rings. The third-order valence-electron chi connectivity index (χ3n) is 3.83. The first-order valence-corrected chi connectivity index (χ1v) is 7.98. The molecule has 3 rings (SSSR count). The van der Waals surface area contributed by atoms with Crippen molar-refractivity contribution in [3.63, 3.8) is 0 Å². The number of aryl methyl sites for hydroxylation is 2.